The first-order valence-electron chi connectivity index (χ1n) is 10.0. The minimum atomic E-state index is -0.700. The Balaban J connectivity index is 1.50. The number of nitrogens with one attached hydrogen (secondary N) is 1. The van der Waals surface area contributed by atoms with Crippen LogP contribution in [-0.4, -0.2) is 61.1 Å². The zero-order chi connectivity index (χ0) is 22.7. The van der Waals surface area contributed by atoms with Gasteiger partial charge in [-0.3, -0.25) is 15.2 Å². The highest BCUT2D eigenvalue weighted by molar-refractivity contribution is 6.07. The van der Waals surface area contributed by atoms with Crippen molar-refractivity contribution in [2.75, 3.05) is 26.7 Å². The van der Waals surface area contributed by atoms with Gasteiger partial charge in [-0.25, -0.2) is 4.99 Å². The van der Waals surface area contributed by atoms with E-state index in [0.29, 0.717) is 30.4 Å². The molecule has 2 aromatic rings. The summed E-state index contributed by atoms with van der Waals surface area (Å²) in [4.78, 5) is 27.0. The summed E-state index contributed by atoms with van der Waals surface area (Å²) < 4.78 is 11.7. The van der Waals surface area contributed by atoms with Crippen LogP contribution in [0.2, 0.25) is 0 Å². The maximum absolute atomic E-state index is 11.7. The molecule has 10 heteroatoms. The molecule has 0 radical (unpaired) electrons. The second kappa shape index (κ2) is 8.88. The van der Waals surface area contributed by atoms with Crippen LogP contribution in [0.3, 0.4) is 0 Å². The lowest BCUT2D eigenvalue weighted by molar-refractivity contribution is 0.1000. The zero-order valence-electron chi connectivity index (χ0n) is 17.5. The third-order valence-corrected chi connectivity index (χ3v) is 4.94. The van der Waals surface area contributed by atoms with Crippen molar-refractivity contribution in [1.29, 1.82) is 5.41 Å². The Morgan fingerprint density at radius 3 is 2.56 bits per heavy atom. The van der Waals surface area contributed by atoms with Gasteiger partial charge in [0.2, 0.25) is 11.8 Å². The Morgan fingerprint density at radius 2 is 1.84 bits per heavy atom. The number of hydrogen-bond acceptors (Lipinski definition) is 8. The van der Waals surface area contributed by atoms with Gasteiger partial charge in [0.15, 0.2) is 0 Å². The topological polar surface area (TPSA) is 152 Å². The van der Waals surface area contributed by atoms with Crippen LogP contribution in [0.4, 0.5) is 0 Å². The zero-order valence-corrected chi connectivity index (χ0v) is 17.5. The number of aliphatic imine (C=N–C) groups is 3. The van der Waals surface area contributed by atoms with Crippen LogP contribution in [0.5, 0.6) is 11.5 Å². The van der Waals surface area contributed by atoms with Crippen LogP contribution < -0.4 is 20.9 Å². The number of nitrogens with two attached hydrogens (primary N) is 2. The van der Waals surface area contributed by atoms with Gasteiger partial charge < -0.3 is 25.8 Å². The number of amidine groups is 3. The van der Waals surface area contributed by atoms with Crippen molar-refractivity contribution in [2.24, 2.45) is 26.4 Å². The fraction of sp³-hybridized carbons (Fsp3) is 0.227. The molecule has 5 N–H and O–H groups in total. The number of amides is 1. The fourth-order valence-corrected chi connectivity index (χ4v) is 3.38. The van der Waals surface area contributed by atoms with E-state index in [4.69, 9.17) is 26.4 Å². The second-order valence-electron chi connectivity index (χ2n) is 7.26. The van der Waals surface area contributed by atoms with Gasteiger partial charge in [0.05, 0.1) is 18.7 Å². The molecule has 0 spiro atoms. The molecule has 0 bridgehead atoms. The summed E-state index contributed by atoms with van der Waals surface area (Å²) in [5.74, 6) is 1.31. The molecule has 10 nitrogen and oxygen atoms in total. The highest BCUT2D eigenvalue weighted by Gasteiger charge is 2.18. The quantitative estimate of drug-likeness (QED) is 0.480. The van der Waals surface area contributed by atoms with Crippen molar-refractivity contribution in [2.45, 2.75) is 6.42 Å². The molecular formula is C22H23N7O3. The smallest absolute Gasteiger partial charge is 0.320 e. The number of rotatable bonds is 5. The normalized spacial score (nSPS) is 15.5. The molecule has 0 aliphatic carbocycles. The summed E-state index contributed by atoms with van der Waals surface area (Å²) >= 11 is 0. The van der Waals surface area contributed by atoms with Crippen LogP contribution in [-0.2, 0) is 0 Å². The molecule has 0 aromatic heterocycles. The molecule has 2 heterocycles. The monoisotopic (exact) mass is 433 g/mol. The molecule has 0 saturated heterocycles. The molecule has 0 atom stereocenters. The van der Waals surface area contributed by atoms with Gasteiger partial charge >= 0.3 is 6.02 Å². The van der Waals surface area contributed by atoms with Crippen LogP contribution in [0.1, 0.15) is 27.9 Å². The van der Waals surface area contributed by atoms with Crippen LogP contribution in [0.25, 0.3) is 0 Å². The van der Waals surface area contributed by atoms with Crippen LogP contribution >= 0.6 is 0 Å². The predicted molar refractivity (Wildman–Crippen MR) is 122 cm³/mol. The lowest BCUT2D eigenvalue weighted by Crippen LogP contribution is -2.24. The van der Waals surface area contributed by atoms with E-state index in [1.807, 2.05) is 31.3 Å². The Hall–Kier alpha value is -4.21. The third-order valence-electron chi connectivity index (χ3n) is 4.94. The Bertz CT molecular complexity index is 1170. The van der Waals surface area contributed by atoms with Crippen molar-refractivity contribution >= 4 is 29.5 Å². The lowest BCUT2D eigenvalue weighted by atomic mass is 10.1. The van der Waals surface area contributed by atoms with E-state index in [-0.39, 0.29) is 23.0 Å². The minimum Gasteiger partial charge on any atom is -0.443 e. The molecule has 0 fully saturated rings. The largest absolute Gasteiger partial charge is 0.443 e. The number of likely N-dealkylation sites (N-methyl/N-ethyl adjacent to an activating group) is 1. The number of nitrogen functional groups attached to an aromatic ring is 1. The maximum atomic E-state index is 11.7. The van der Waals surface area contributed by atoms with Crippen LogP contribution in [0.15, 0.2) is 57.4 Å². The number of carbonyl (C=O) groups is 1. The average molecular weight is 433 g/mol. The summed E-state index contributed by atoms with van der Waals surface area (Å²) in [6, 6.07) is 12.3. The first-order valence-corrected chi connectivity index (χ1v) is 10.0. The standard InChI is InChI=1S/C22H23N7O3/c1-29-10-9-26-21(29)13-3-2-4-14(11-13)32-22-27-8-7-18(28-22)31-15-5-6-16(19(23)24)17(12-15)20(25)30/h2-6,11-12H,7-10H2,1H3,(H3,23,24)(H2,25,30). The number of primary amides is 1. The highest BCUT2D eigenvalue weighted by atomic mass is 16.5. The predicted octanol–water partition coefficient (Wildman–Crippen LogP) is 1.38. The summed E-state index contributed by atoms with van der Waals surface area (Å²) in [7, 11) is 2.01. The SMILES string of the molecule is CN1CCN=C1c1cccc(OC2=NCCC(Oc3ccc(C(=N)N)c(C(N)=O)c3)=N2)c1. The maximum Gasteiger partial charge on any atom is 0.320 e. The van der Waals surface area contributed by atoms with Crippen molar-refractivity contribution in [3.63, 3.8) is 0 Å². The van der Waals surface area contributed by atoms with E-state index in [2.05, 4.69) is 19.9 Å². The van der Waals surface area contributed by atoms with Gasteiger partial charge in [-0.2, -0.15) is 4.99 Å². The second-order valence-corrected chi connectivity index (χ2v) is 7.26. The van der Waals surface area contributed by atoms with Crippen molar-refractivity contribution in [3.05, 3.63) is 59.2 Å². The van der Waals surface area contributed by atoms with E-state index >= 15 is 0 Å². The summed E-state index contributed by atoms with van der Waals surface area (Å²) in [6.07, 6.45) is 0.467. The van der Waals surface area contributed by atoms with E-state index in [1.165, 1.54) is 12.1 Å². The first kappa shape index (κ1) is 21.0. The van der Waals surface area contributed by atoms with Gasteiger partial charge in [0.25, 0.3) is 0 Å². The van der Waals surface area contributed by atoms with Gasteiger partial charge in [0.1, 0.15) is 23.2 Å². The molecule has 0 saturated carbocycles. The molecule has 0 unspecified atom stereocenters. The van der Waals surface area contributed by atoms with Gasteiger partial charge in [0, 0.05) is 31.1 Å². The van der Waals surface area contributed by atoms with Gasteiger partial charge in [-0.15, -0.1) is 0 Å². The van der Waals surface area contributed by atoms with Crippen molar-refractivity contribution < 1.29 is 14.3 Å². The number of hydrogen-bond donors (Lipinski definition) is 3. The fourth-order valence-electron chi connectivity index (χ4n) is 3.38. The Kier molecular flexibility index (Phi) is 5.84. The summed E-state index contributed by atoms with van der Waals surface area (Å²) in [6.45, 7) is 2.11. The molecule has 2 aliphatic rings. The van der Waals surface area contributed by atoms with E-state index < -0.39 is 5.91 Å². The minimum absolute atomic E-state index is 0.105. The summed E-state index contributed by atoms with van der Waals surface area (Å²) in [5, 5.41) is 7.57. The third kappa shape index (κ3) is 4.59. The molecule has 32 heavy (non-hydrogen) atoms. The Morgan fingerprint density at radius 1 is 1.03 bits per heavy atom. The van der Waals surface area contributed by atoms with Gasteiger partial charge in [-0.05, 0) is 30.3 Å². The number of carbonyl (C=O) groups excluding carboxylic acids is 1. The average Bonchev–Trinajstić information content (AvgIpc) is 3.20. The van der Waals surface area contributed by atoms with E-state index in [0.717, 1.165) is 24.5 Å². The van der Waals surface area contributed by atoms with Gasteiger partial charge in [-0.1, -0.05) is 12.1 Å². The summed E-state index contributed by atoms with van der Waals surface area (Å²) in [5.41, 5.74) is 12.2. The lowest BCUT2D eigenvalue weighted by Gasteiger charge is -2.16. The number of ether oxygens (including phenoxy) is 2. The number of nitrogens with zero attached hydrogens (tertiary/aromatic N) is 4. The highest BCUT2D eigenvalue weighted by Crippen LogP contribution is 2.21. The van der Waals surface area contributed by atoms with Crippen molar-refractivity contribution in [1.82, 2.24) is 4.90 Å². The molecule has 2 aromatic carbocycles. The van der Waals surface area contributed by atoms with Crippen molar-refractivity contribution in [3.8, 4) is 11.5 Å². The Labute approximate surface area is 184 Å². The molecule has 2 aliphatic heterocycles. The van der Waals surface area contributed by atoms with Crippen LogP contribution in [0, 0.1) is 5.41 Å². The number of benzene rings is 2. The first-order chi connectivity index (χ1) is 15.4. The van der Waals surface area contributed by atoms with E-state index in [9.17, 15) is 4.79 Å². The molecular weight excluding hydrogens is 410 g/mol. The van der Waals surface area contributed by atoms with E-state index in [1.54, 1.807) is 6.07 Å². The molecule has 1 amide bonds. The molecule has 4 rings (SSSR count). The molecule has 164 valence electrons.